The highest BCUT2D eigenvalue weighted by molar-refractivity contribution is 6.04. The van der Waals surface area contributed by atoms with E-state index in [9.17, 15) is 14.0 Å². The quantitative estimate of drug-likeness (QED) is 0.617. The number of pyridine rings is 1. The highest BCUT2D eigenvalue weighted by Crippen LogP contribution is 2.40. The Bertz CT molecular complexity index is 1110. The molecule has 156 valence electrons. The van der Waals surface area contributed by atoms with E-state index in [0.29, 0.717) is 28.3 Å². The fourth-order valence-electron chi connectivity index (χ4n) is 3.31. The van der Waals surface area contributed by atoms with Crippen molar-refractivity contribution in [3.05, 3.63) is 58.7 Å². The van der Waals surface area contributed by atoms with E-state index in [0.717, 1.165) is 24.1 Å². The number of ether oxygens (including phenoxy) is 1. The van der Waals surface area contributed by atoms with Crippen molar-refractivity contribution in [2.45, 2.75) is 51.7 Å². The third kappa shape index (κ3) is 4.03. The predicted octanol–water partition coefficient (Wildman–Crippen LogP) is 3.97. The molecule has 0 saturated heterocycles. The Morgan fingerprint density at radius 3 is 2.60 bits per heavy atom. The van der Waals surface area contributed by atoms with E-state index in [4.69, 9.17) is 9.26 Å². The van der Waals surface area contributed by atoms with Crippen molar-refractivity contribution in [3.8, 4) is 0 Å². The summed E-state index contributed by atoms with van der Waals surface area (Å²) in [6.07, 6.45) is 1.01. The van der Waals surface area contributed by atoms with Gasteiger partial charge in [-0.3, -0.25) is 4.79 Å². The molecule has 0 spiro atoms. The number of nitrogens with one attached hydrogen (secondary N) is 1. The number of carbonyl (C=O) groups is 2. The predicted molar refractivity (Wildman–Crippen MR) is 106 cm³/mol. The molecule has 3 aromatic rings. The largest absolute Gasteiger partial charge is 0.449 e. The maximum Gasteiger partial charge on any atom is 0.339 e. The number of aryl methyl sites for hydroxylation is 1. The van der Waals surface area contributed by atoms with Gasteiger partial charge < -0.3 is 14.6 Å². The van der Waals surface area contributed by atoms with Gasteiger partial charge in [0.25, 0.3) is 11.6 Å². The highest BCUT2D eigenvalue weighted by atomic mass is 19.1. The molecule has 1 amide bonds. The molecule has 0 unspecified atom stereocenters. The van der Waals surface area contributed by atoms with Gasteiger partial charge >= 0.3 is 5.97 Å². The molecule has 30 heavy (non-hydrogen) atoms. The van der Waals surface area contributed by atoms with E-state index in [1.165, 1.54) is 19.1 Å². The van der Waals surface area contributed by atoms with Gasteiger partial charge in [0, 0.05) is 11.6 Å². The number of fused-ring (bicyclic) bond motifs is 1. The molecule has 1 aromatic carbocycles. The first-order chi connectivity index (χ1) is 14.3. The number of halogens is 1. The number of esters is 1. The number of nitrogens with zero attached hydrogens (tertiary/aromatic N) is 2. The zero-order chi connectivity index (χ0) is 21.4. The zero-order valence-corrected chi connectivity index (χ0v) is 16.9. The van der Waals surface area contributed by atoms with Gasteiger partial charge in [0.2, 0.25) is 0 Å². The Morgan fingerprint density at radius 1 is 1.23 bits per heavy atom. The molecule has 1 N–H and O–H groups in total. The summed E-state index contributed by atoms with van der Waals surface area (Å²) < 4.78 is 23.8. The molecular weight excluding hydrogens is 389 g/mol. The Balaban J connectivity index is 1.48. The Kier molecular flexibility index (Phi) is 5.24. The van der Waals surface area contributed by atoms with Crippen molar-refractivity contribution >= 4 is 23.0 Å². The molecular formula is C22H22FN3O4. The Labute approximate surface area is 172 Å². The smallest absolute Gasteiger partial charge is 0.339 e. The lowest BCUT2D eigenvalue weighted by Gasteiger charge is -2.18. The minimum Gasteiger partial charge on any atom is -0.449 e. The van der Waals surface area contributed by atoms with E-state index in [1.807, 2.05) is 0 Å². The van der Waals surface area contributed by atoms with Crippen molar-refractivity contribution in [2.24, 2.45) is 0 Å². The molecule has 7 nitrogen and oxygen atoms in total. The fraction of sp³-hybridized carbons (Fsp3) is 0.364. The van der Waals surface area contributed by atoms with E-state index in [2.05, 4.69) is 15.5 Å². The lowest BCUT2D eigenvalue weighted by atomic mass is 10.1. The number of carbonyl (C=O) groups excluding carboxylic acids is 2. The topological polar surface area (TPSA) is 94.3 Å². The zero-order valence-electron chi connectivity index (χ0n) is 16.9. The Morgan fingerprint density at radius 2 is 1.93 bits per heavy atom. The van der Waals surface area contributed by atoms with Gasteiger partial charge in [0.15, 0.2) is 6.10 Å². The highest BCUT2D eigenvalue weighted by Gasteiger charge is 2.30. The molecule has 0 aliphatic heterocycles. The second-order valence-corrected chi connectivity index (χ2v) is 7.65. The fourth-order valence-corrected chi connectivity index (χ4v) is 3.31. The number of hydrogen-bond acceptors (Lipinski definition) is 6. The summed E-state index contributed by atoms with van der Waals surface area (Å²) in [6, 6.07) is 7.19. The van der Waals surface area contributed by atoms with Crippen LogP contribution in [-0.2, 0) is 9.53 Å². The summed E-state index contributed by atoms with van der Waals surface area (Å²) in [6.45, 7) is 5.00. The van der Waals surface area contributed by atoms with Crippen LogP contribution in [0.4, 0.5) is 4.39 Å². The average molecular weight is 411 g/mol. The number of benzene rings is 1. The van der Waals surface area contributed by atoms with E-state index >= 15 is 0 Å². The van der Waals surface area contributed by atoms with E-state index in [-0.39, 0.29) is 11.9 Å². The molecule has 1 fully saturated rings. The second kappa shape index (κ2) is 7.85. The first-order valence-electron chi connectivity index (χ1n) is 9.87. The maximum absolute atomic E-state index is 13.1. The van der Waals surface area contributed by atoms with Crippen molar-refractivity contribution in [1.82, 2.24) is 15.5 Å². The second-order valence-electron chi connectivity index (χ2n) is 7.65. The van der Waals surface area contributed by atoms with Crippen molar-refractivity contribution in [2.75, 3.05) is 0 Å². The first-order valence-corrected chi connectivity index (χ1v) is 9.87. The molecule has 8 heteroatoms. The van der Waals surface area contributed by atoms with Crippen LogP contribution in [0.5, 0.6) is 0 Å². The van der Waals surface area contributed by atoms with Gasteiger partial charge in [-0.25, -0.2) is 14.2 Å². The third-order valence-electron chi connectivity index (χ3n) is 5.23. The molecule has 0 bridgehead atoms. The summed E-state index contributed by atoms with van der Waals surface area (Å²) in [5.74, 6) is -1.12. The third-order valence-corrected chi connectivity index (χ3v) is 5.23. The number of rotatable bonds is 6. The SMILES string of the molecule is Cc1noc2nc(C3CC3)cc(C(=O)O[C@@H](C)C(=O)N[C@@H](C)c3ccc(F)cc3)c12. The summed E-state index contributed by atoms with van der Waals surface area (Å²) in [5, 5.41) is 7.17. The van der Waals surface area contributed by atoms with Crippen LogP contribution in [0.1, 0.15) is 66.0 Å². The number of amides is 1. The molecule has 2 atom stereocenters. The minimum atomic E-state index is -1.02. The lowest BCUT2D eigenvalue weighted by molar-refractivity contribution is -0.129. The summed E-state index contributed by atoms with van der Waals surface area (Å²) in [7, 11) is 0. The number of hydrogen-bond donors (Lipinski definition) is 1. The number of aromatic nitrogens is 2. The Hall–Kier alpha value is -3.29. The van der Waals surface area contributed by atoms with Crippen LogP contribution in [0.2, 0.25) is 0 Å². The molecule has 4 rings (SSSR count). The summed E-state index contributed by atoms with van der Waals surface area (Å²) in [4.78, 5) is 29.8. The van der Waals surface area contributed by atoms with Gasteiger partial charge in [0.1, 0.15) is 5.82 Å². The minimum absolute atomic E-state index is 0.297. The van der Waals surface area contributed by atoms with Crippen molar-refractivity contribution < 1.29 is 23.2 Å². The maximum atomic E-state index is 13.1. The van der Waals surface area contributed by atoms with Crippen LogP contribution in [0.25, 0.3) is 11.1 Å². The van der Waals surface area contributed by atoms with Crippen LogP contribution < -0.4 is 5.32 Å². The molecule has 1 aliphatic rings. The average Bonchev–Trinajstić information content (AvgIpc) is 3.51. The monoisotopic (exact) mass is 411 g/mol. The lowest BCUT2D eigenvalue weighted by Crippen LogP contribution is -2.37. The van der Waals surface area contributed by atoms with Gasteiger partial charge in [-0.1, -0.05) is 17.3 Å². The van der Waals surface area contributed by atoms with Gasteiger partial charge in [-0.2, -0.15) is 0 Å². The first kappa shape index (κ1) is 20.0. The van der Waals surface area contributed by atoms with Crippen LogP contribution in [0.15, 0.2) is 34.9 Å². The van der Waals surface area contributed by atoms with Gasteiger partial charge in [-0.15, -0.1) is 0 Å². The molecule has 0 radical (unpaired) electrons. The van der Waals surface area contributed by atoms with Crippen LogP contribution in [0, 0.1) is 12.7 Å². The van der Waals surface area contributed by atoms with E-state index in [1.54, 1.807) is 32.0 Å². The molecule has 2 heterocycles. The van der Waals surface area contributed by atoms with Crippen LogP contribution in [-0.4, -0.2) is 28.1 Å². The summed E-state index contributed by atoms with van der Waals surface area (Å²) >= 11 is 0. The molecule has 1 aliphatic carbocycles. The molecule has 1 saturated carbocycles. The molecule has 2 aromatic heterocycles. The van der Waals surface area contributed by atoms with Crippen LogP contribution in [0.3, 0.4) is 0 Å². The van der Waals surface area contributed by atoms with E-state index < -0.39 is 18.0 Å². The standard InChI is InChI=1S/C22H22FN3O4/c1-11(14-6-8-16(23)9-7-14)24-20(27)13(3)29-22(28)17-10-18(15-4-5-15)25-21-19(17)12(2)26-30-21/h6-11,13,15H,4-5H2,1-3H3,(H,24,27)/t11-,13-/m0/s1. The normalized spacial score (nSPS) is 15.6. The van der Waals surface area contributed by atoms with Gasteiger partial charge in [0.05, 0.1) is 22.7 Å². The van der Waals surface area contributed by atoms with Crippen molar-refractivity contribution in [1.29, 1.82) is 0 Å². The van der Waals surface area contributed by atoms with Crippen LogP contribution >= 0.6 is 0 Å². The van der Waals surface area contributed by atoms with Crippen molar-refractivity contribution in [3.63, 3.8) is 0 Å². The van der Waals surface area contributed by atoms with Gasteiger partial charge in [-0.05, 0) is 57.4 Å². The summed E-state index contributed by atoms with van der Waals surface area (Å²) in [5.41, 5.74) is 2.65.